The molecule has 3 rings (SSSR count). The minimum atomic E-state index is -0.372. The Morgan fingerprint density at radius 1 is 1.27 bits per heavy atom. The SMILES string of the molecule is O=C1CCC[C@H](C(=O)NCC2(c3ccc(Cl)cc3)CCC2)N1. The summed E-state index contributed by atoms with van der Waals surface area (Å²) in [6.45, 7) is 0.625. The van der Waals surface area contributed by atoms with Gasteiger partial charge in [-0.25, -0.2) is 0 Å². The third-order valence-corrected chi connectivity index (χ3v) is 5.17. The summed E-state index contributed by atoms with van der Waals surface area (Å²) in [5.74, 6) is -0.0873. The molecule has 1 heterocycles. The van der Waals surface area contributed by atoms with Crippen LogP contribution in [0.15, 0.2) is 24.3 Å². The van der Waals surface area contributed by atoms with Gasteiger partial charge in [-0.05, 0) is 43.4 Å². The van der Waals surface area contributed by atoms with Crippen molar-refractivity contribution in [3.8, 4) is 0 Å². The average Bonchev–Trinajstić information content (AvgIpc) is 2.47. The Bertz CT molecular complexity index is 567. The van der Waals surface area contributed by atoms with Crippen LogP contribution in [0.4, 0.5) is 0 Å². The van der Waals surface area contributed by atoms with Crippen molar-refractivity contribution in [3.05, 3.63) is 34.9 Å². The molecule has 2 fully saturated rings. The monoisotopic (exact) mass is 320 g/mol. The van der Waals surface area contributed by atoms with Crippen LogP contribution in [0.2, 0.25) is 5.02 Å². The second-order valence-corrected chi connectivity index (χ2v) is 6.81. The molecule has 118 valence electrons. The Morgan fingerprint density at radius 3 is 2.59 bits per heavy atom. The first-order valence-electron chi connectivity index (χ1n) is 7.92. The van der Waals surface area contributed by atoms with Crippen molar-refractivity contribution in [2.45, 2.75) is 50.0 Å². The van der Waals surface area contributed by atoms with E-state index < -0.39 is 0 Å². The largest absolute Gasteiger partial charge is 0.353 e. The molecule has 0 unspecified atom stereocenters. The Morgan fingerprint density at radius 2 is 2.00 bits per heavy atom. The fourth-order valence-electron chi connectivity index (χ4n) is 3.36. The van der Waals surface area contributed by atoms with E-state index in [1.807, 2.05) is 12.1 Å². The van der Waals surface area contributed by atoms with Gasteiger partial charge in [0.25, 0.3) is 0 Å². The van der Waals surface area contributed by atoms with Crippen molar-refractivity contribution in [3.63, 3.8) is 0 Å². The summed E-state index contributed by atoms with van der Waals surface area (Å²) in [4.78, 5) is 23.7. The molecule has 2 amide bonds. The Labute approximate surface area is 135 Å². The molecule has 22 heavy (non-hydrogen) atoms. The summed E-state index contributed by atoms with van der Waals surface area (Å²) < 4.78 is 0. The van der Waals surface area contributed by atoms with Crippen LogP contribution in [0.3, 0.4) is 0 Å². The normalized spacial score (nSPS) is 23.3. The van der Waals surface area contributed by atoms with Gasteiger partial charge >= 0.3 is 0 Å². The van der Waals surface area contributed by atoms with Crippen LogP contribution in [-0.2, 0) is 15.0 Å². The summed E-state index contributed by atoms with van der Waals surface area (Å²) in [5.41, 5.74) is 1.26. The number of carbonyl (C=O) groups is 2. The van der Waals surface area contributed by atoms with Gasteiger partial charge in [0.15, 0.2) is 0 Å². The molecule has 0 bridgehead atoms. The third kappa shape index (κ3) is 3.12. The molecule has 5 heteroatoms. The van der Waals surface area contributed by atoms with E-state index in [1.54, 1.807) is 0 Å². The fourth-order valence-corrected chi connectivity index (χ4v) is 3.48. The van der Waals surface area contributed by atoms with Crippen molar-refractivity contribution < 1.29 is 9.59 Å². The van der Waals surface area contributed by atoms with Gasteiger partial charge in [0.05, 0.1) is 0 Å². The highest BCUT2D eigenvalue weighted by Crippen LogP contribution is 2.43. The van der Waals surface area contributed by atoms with Crippen LogP contribution in [-0.4, -0.2) is 24.4 Å². The lowest BCUT2D eigenvalue weighted by Crippen LogP contribution is -2.53. The van der Waals surface area contributed by atoms with Gasteiger partial charge in [0, 0.05) is 23.4 Å². The first kappa shape index (κ1) is 15.3. The smallest absolute Gasteiger partial charge is 0.242 e. The summed E-state index contributed by atoms with van der Waals surface area (Å²) in [6, 6.07) is 7.54. The minimum absolute atomic E-state index is 0.0255. The average molecular weight is 321 g/mol. The Kier molecular flexibility index (Phi) is 4.39. The maximum absolute atomic E-state index is 12.3. The molecule has 2 aliphatic rings. The number of hydrogen-bond acceptors (Lipinski definition) is 2. The molecule has 4 nitrogen and oxygen atoms in total. The molecular weight excluding hydrogens is 300 g/mol. The topological polar surface area (TPSA) is 58.2 Å². The zero-order valence-electron chi connectivity index (χ0n) is 12.5. The lowest BCUT2D eigenvalue weighted by atomic mass is 9.64. The summed E-state index contributed by atoms with van der Waals surface area (Å²) in [7, 11) is 0. The highest BCUT2D eigenvalue weighted by Gasteiger charge is 2.39. The van der Waals surface area contributed by atoms with Gasteiger partial charge in [-0.15, -0.1) is 0 Å². The van der Waals surface area contributed by atoms with Gasteiger partial charge < -0.3 is 10.6 Å². The molecule has 1 atom stereocenters. The van der Waals surface area contributed by atoms with Gasteiger partial charge in [-0.2, -0.15) is 0 Å². The minimum Gasteiger partial charge on any atom is -0.353 e. The summed E-state index contributed by atoms with van der Waals surface area (Å²) in [5, 5.41) is 6.54. The number of hydrogen-bond donors (Lipinski definition) is 2. The van der Waals surface area contributed by atoms with Crippen LogP contribution in [0, 0.1) is 0 Å². The number of piperidine rings is 1. The standard InChI is InChI=1S/C17H21ClN2O2/c18-13-7-5-12(6-8-13)17(9-2-10-17)11-19-16(22)14-3-1-4-15(21)20-14/h5-8,14H,1-4,9-11H2,(H,19,22)(H,20,21)/t14-/m1/s1. The van der Waals surface area contributed by atoms with Crippen molar-refractivity contribution in [1.29, 1.82) is 0 Å². The fraction of sp³-hybridized carbons (Fsp3) is 0.529. The highest BCUT2D eigenvalue weighted by molar-refractivity contribution is 6.30. The highest BCUT2D eigenvalue weighted by atomic mass is 35.5. The molecular formula is C17H21ClN2O2. The van der Waals surface area contributed by atoms with E-state index in [-0.39, 0.29) is 23.3 Å². The molecule has 1 aromatic rings. The molecule has 1 aliphatic carbocycles. The second-order valence-electron chi connectivity index (χ2n) is 6.37. The molecule has 1 saturated heterocycles. The van der Waals surface area contributed by atoms with E-state index in [0.29, 0.717) is 13.0 Å². The molecule has 0 aromatic heterocycles. The number of halogens is 1. The number of nitrogens with one attached hydrogen (secondary N) is 2. The molecule has 2 N–H and O–H groups in total. The second kappa shape index (κ2) is 6.29. The lowest BCUT2D eigenvalue weighted by molar-refractivity contribution is -0.131. The number of rotatable bonds is 4. The van der Waals surface area contributed by atoms with Crippen LogP contribution in [0.5, 0.6) is 0 Å². The number of amides is 2. The zero-order chi connectivity index (χ0) is 15.6. The third-order valence-electron chi connectivity index (χ3n) is 4.92. The van der Waals surface area contributed by atoms with Crippen LogP contribution >= 0.6 is 11.6 Å². The maximum atomic E-state index is 12.3. The van der Waals surface area contributed by atoms with Crippen LogP contribution < -0.4 is 10.6 Å². The van der Waals surface area contributed by atoms with Gasteiger partial charge in [-0.3, -0.25) is 9.59 Å². The van der Waals surface area contributed by atoms with Gasteiger partial charge in [0.1, 0.15) is 6.04 Å². The van der Waals surface area contributed by atoms with Gasteiger partial charge in [0.2, 0.25) is 11.8 Å². The van der Waals surface area contributed by atoms with E-state index in [4.69, 9.17) is 11.6 Å². The van der Waals surface area contributed by atoms with Crippen molar-refractivity contribution in [1.82, 2.24) is 10.6 Å². The molecule has 1 saturated carbocycles. The molecule has 1 aliphatic heterocycles. The predicted octanol–water partition coefficient (Wildman–Crippen LogP) is 2.55. The Hall–Kier alpha value is -1.55. The van der Waals surface area contributed by atoms with E-state index in [9.17, 15) is 9.59 Å². The first-order chi connectivity index (χ1) is 10.6. The molecule has 0 spiro atoms. The lowest BCUT2D eigenvalue weighted by Gasteiger charge is -2.43. The Balaban J connectivity index is 1.62. The maximum Gasteiger partial charge on any atom is 0.242 e. The predicted molar refractivity (Wildman–Crippen MR) is 85.8 cm³/mol. The molecule has 1 aromatic carbocycles. The summed E-state index contributed by atoms with van der Waals surface area (Å²) in [6.07, 6.45) is 5.37. The van der Waals surface area contributed by atoms with Crippen LogP contribution in [0.25, 0.3) is 0 Å². The van der Waals surface area contributed by atoms with E-state index in [0.717, 1.165) is 30.7 Å². The number of carbonyl (C=O) groups excluding carboxylic acids is 2. The van der Waals surface area contributed by atoms with E-state index >= 15 is 0 Å². The quantitative estimate of drug-likeness (QED) is 0.895. The van der Waals surface area contributed by atoms with Crippen molar-refractivity contribution in [2.75, 3.05) is 6.54 Å². The first-order valence-corrected chi connectivity index (χ1v) is 8.30. The van der Waals surface area contributed by atoms with E-state index in [1.165, 1.54) is 12.0 Å². The van der Waals surface area contributed by atoms with E-state index in [2.05, 4.69) is 22.8 Å². The molecule has 0 radical (unpaired) electrons. The number of benzene rings is 1. The van der Waals surface area contributed by atoms with Crippen LogP contribution in [0.1, 0.15) is 44.1 Å². The van der Waals surface area contributed by atoms with Crippen molar-refractivity contribution in [2.24, 2.45) is 0 Å². The van der Waals surface area contributed by atoms with Gasteiger partial charge in [-0.1, -0.05) is 30.2 Å². The summed E-state index contributed by atoms with van der Waals surface area (Å²) >= 11 is 5.96. The van der Waals surface area contributed by atoms with Crippen molar-refractivity contribution >= 4 is 23.4 Å². The zero-order valence-corrected chi connectivity index (χ0v) is 13.3.